The van der Waals surface area contributed by atoms with E-state index in [4.69, 9.17) is 30.2 Å². The van der Waals surface area contributed by atoms with E-state index in [1.807, 2.05) is 0 Å². The molecule has 0 saturated carbocycles. The normalized spacial score (nSPS) is 15.5. The molecule has 2 aromatic carbocycles. The summed E-state index contributed by atoms with van der Waals surface area (Å²) in [5.74, 6) is 0.641. The van der Waals surface area contributed by atoms with E-state index in [2.05, 4.69) is 21.2 Å². The van der Waals surface area contributed by atoms with Crippen molar-refractivity contribution in [2.75, 3.05) is 20.3 Å². The molecule has 226 valence electrons. The van der Waals surface area contributed by atoms with E-state index >= 15 is 0 Å². The van der Waals surface area contributed by atoms with Crippen molar-refractivity contribution in [2.45, 2.75) is 26.1 Å². The molecule has 1 aromatic heterocycles. The zero-order valence-corrected chi connectivity index (χ0v) is 24.0. The number of halogens is 1. The Labute approximate surface area is 250 Å². The third kappa shape index (κ3) is 7.42. The summed E-state index contributed by atoms with van der Waals surface area (Å²) in [6.45, 7) is 3.47. The second-order valence-corrected chi connectivity index (χ2v) is 9.45. The third-order valence-electron chi connectivity index (χ3n) is 6.14. The number of methoxy groups -OCH3 is 1. The minimum absolute atomic E-state index is 0.131. The van der Waals surface area contributed by atoms with Gasteiger partial charge in [-0.15, -0.1) is 0 Å². The molecular weight excluding hydrogens is 586 g/mol. The second-order valence-electron chi connectivity index (χ2n) is 9.04. The second kappa shape index (κ2) is 13.7. The zero-order chi connectivity index (χ0) is 31.1. The predicted molar refractivity (Wildman–Crippen MR) is 155 cm³/mol. The lowest BCUT2D eigenvalue weighted by Crippen LogP contribution is -2.45. The quantitative estimate of drug-likeness (QED) is 0.0763. The number of amides is 2. The van der Waals surface area contributed by atoms with Crippen molar-refractivity contribution in [3.05, 3.63) is 86.3 Å². The van der Waals surface area contributed by atoms with Gasteiger partial charge in [-0.2, -0.15) is 5.10 Å². The van der Waals surface area contributed by atoms with Gasteiger partial charge in [0.15, 0.2) is 17.7 Å². The van der Waals surface area contributed by atoms with Gasteiger partial charge in [-0.05, 0) is 49.7 Å². The van der Waals surface area contributed by atoms with Crippen LogP contribution in [0.15, 0.2) is 69.3 Å². The summed E-state index contributed by atoms with van der Waals surface area (Å²) in [5, 5.41) is 30.9. The lowest BCUT2D eigenvalue weighted by molar-refractivity contribution is -0.384. The monoisotopic (exact) mass is 613 g/mol. The maximum absolute atomic E-state index is 12.4. The number of furan rings is 1. The largest absolute Gasteiger partial charge is 0.490 e. The van der Waals surface area contributed by atoms with Crippen molar-refractivity contribution in [3.8, 4) is 22.8 Å². The predicted octanol–water partition coefficient (Wildman–Crippen LogP) is 4.03. The SMILES string of the molecule is CCOc1cc([C@H]2NC(=O)NC(C)=C2C(=O)OC)ccc1OC[C@H](O)N/N=C\c1ccc(-c2cc([N+](=O)[O-])ccc2Cl)o1. The van der Waals surface area contributed by atoms with Crippen LogP contribution in [0.1, 0.15) is 31.2 Å². The van der Waals surface area contributed by atoms with E-state index in [1.165, 1.54) is 31.5 Å². The van der Waals surface area contributed by atoms with Gasteiger partial charge in [-0.25, -0.2) is 9.59 Å². The fraction of sp³-hybridized carbons (Fsp3) is 0.250. The molecule has 0 radical (unpaired) electrons. The Hall–Kier alpha value is -5.08. The Kier molecular flexibility index (Phi) is 9.85. The number of aliphatic hydroxyl groups excluding tert-OH is 1. The Balaban J connectivity index is 1.40. The van der Waals surface area contributed by atoms with Crippen molar-refractivity contribution in [3.63, 3.8) is 0 Å². The number of nitro groups is 1. The molecule has 15 heteroatoms. The number of carbonyl (C=O) groups excluding carboxylic acids is 2. The molecule has 2 heterocycles. The van der Waals surface area contributed by atoms with Crippen molar-refractivity contribution in [1.82, 2.24) is 16.1 Å². The van der Waals surface area contributed by atoms with Crippen LogP contribution in [0.25, 0.3) is 11.3 Å². The Bertz CT molecular complexity index is 1590. The van der Waals surface area contributed by atoms with Crippen LogP contribution in [0.3, 0.4) is 0 Å². The van der Waals surface area contributed by atoms with E-state index in [-0.39, 0.29) is 22.9 Å². The summed E-state index contributed by atoms with van der Waals surface area (Å²) in [6, 6.07) is 10.8. The Morgan fingerprint density at radius 3 is 2.74 bits per heavy atom. The number of ether oxygens (including phenoxy) is 3. The molecule has 4 rings (SSSR count). The number of allylic oxidation sites excluding steroid dienone is 1. The van der Waals surface area contributed by atoms with Crippen LogP contribution in [-0.2, 0) is 9.53 Å². The number of hydrogen-bond acceptors (Lipinski definition) is 11. The third-order valence-corrected chi connectivity index (χ3v) is 6.47. The lowest BCUT2D eigenvalue weighted by atomic mass is 9.95. The fourth-order valence-corrected chi connectivity index (χ4v) is 4.40. The first-order valence-electron chi connectivity index (χ1n) is 12.9. The van der Waals surface area contributed by atoms with Crippen LogP contribution < -0.4 is 25.5 Å². The standard InChI is InChI=1S/C28H28ClN5O9/c1-4-41-23-11-16(26-25(27(36)40-3)15(2)31-28(37)32-26)5-9-22(23)42-14-24(35)33-30-13-18-7-10-21(43-18)19-12-17(34(38)39)6-8-20(19)29/h5-13,24,26,33,35H,4,14H2,1-3H3,(H2,31,32,37)/b30-13-/t24-,26+/m0/s1. The summed E-state index contributed by atoms with van der Waals surface area (Å²) >= 11 is 6.17. The van der Waals surface area contributed by atoms with E-state index in [0.717, 1.165) is 0 Å². The average Bonchev–Trinajstić information content (AvgIpc) is 3.44. The molecule has 3 aromatic rings. The number of non-ortho nitro benzene ring substituents is 1. The minimum Gasteiger partial charge on any atom is -0.490 e. The van der Waals surface area contributed by atoms with E-state index < -0.39 is 29.2 Å². The first-order valence-corrected chi connectivity index (χ1v) is 13.3. The summed E-state index contributed by atoms with van der Waals surface area (Å²) in [7, 11) is 1.25. The summed E-state index contributed by atoms with van der Waals surface area (Å²) in [4.78, 5) is 35.1. The summed E-state index contributed by atoms with van der Waals surface area (Å²) in [5.41, 5.74) is 3.89. The molecule has 1 aliphatic heterocycles. The van der Waals surface area contributed by atoms with Gasteiger partial charge in [0.1, 0.15) is 18.1 Å². The number of nitrogens with one attached hydrogen (secondary N) is 3. The molecule has 0 bridgehead atoms. The van der Waals surface area contributed by atoms with Gasteiger partial charge in [0.2, 0.25) is 0 Å². The highest BCUT2D eigenvalue weighted by atomic mass is 35.5. The summed E-state index contributed by atoms with van der Waals surface area (Å²) < 4.78 is 22.0. The van der Waals surface area contributed by atoms with Gasteiger partial charge in [0.25, 0.3) is 5.69 Å². The number of hydrogen-bond donors (Lipinski definition) is 4. The number of hydrazone groups is 1. The number of aliphatic hydroxyl groups is 1. The molecule has 0 aliphatic carbocycles. The van der Waals surface area contributed by atoms with Gasteiger partial charge >= 0.3 is 12.0 Å². The molecule has 0 fully saturated rings. The van der Waals surface area contributed by atoms with Crippen LogP contribution in [-0.4, -0.2) is 54.8 Å². The molecule has 2 atom stereocenters. The smallest absolute Gasteiger partial charge is 0.337 e. The maximum atomic E-state index is 12.4. The van der Waals surface area contributed by atoms with Crippen molar-refractivity contribution in [1.29, 1.82) is 0 Å². The van der Waals surface area contributed by atoms with Crippen molar-refractivity contribution < 1.29 is 38.2 Å². The van der Waals surface area contributed by atoms with Gasteiger partial charge in [-0.1, -0.05) is 17.7 Å². The number of nitrogens with zero attached hydrogens (tertiary/aromatic N) is 2. The van der Waals surface area contributed by atoms with Gasteiger partial charge < -0.3 is 34.4 Å². The number of nitro benzene ring substituents is 1. The van der Waals surface area contributed by atoms with Gasteiger partial charge in [-0.3, -0.25) is 15.5 Å². The van der Waals surface area contributed by atoms with E-state index in [9.17, 15) is 24.8 Å². The van der Waals surface area contributed by atoms with Crippen molar-refractivity contribution in [2.24, 2.45) is 5.10 Å². The Morgan fingerprint density at radius 2 is 2.02 bits per heavy atom. The first-order chi connectivity index (χ1) is 20.6. The first kappa shape index (κ1) is 30.9. The lowest BCUT2D eigenvalue weighted by Gasteiger charge is -2.28. The highest BCUT2D eigenvalue weighted by Crippen LogP contribution is 2.35. The Morgan fingerprint density at radius 1 is 1.23 bits per heavy atom. The molecule has 14 nitrogen and oxygen atoms in total. The number of carbonyl (C=O) groups is 2. The summed E-state index contributed by atoms with van der Waals surface area (Å²) in [6.07, 6.45) is 0.0754. The fourth-order valence-electron chi connectivity index (χ4n) is 4.19. The number of benzene rings is 2. The molecule has 2 amide bonds. The molecule has 0 saturated heterocycles. The number of esters is 1. The van der Waals surface area contributed by atoms with Crippen LogP contribution >= 0.6 is 11.6 Å². The van der Waals surface area contributed by atoms with Crippen LogP contribution in [0.5, 0.6) is 11.5 Å². The minimum atomic E-state index is -1.23. The molecule has 0 spiro atoms. The molecular formula is C28H28ClN5O9. The van der Waals surface area contributed by atoms with Crippen LogP contribution in [0.4, 0.5) is 10.5 Å². The maximum Gasteiger partial charge on any atom is 0.337 e. The zero-order valence-electron chi connectivity index (χ0n) is 23.3. The van der Waals surface area contributed by atoms with E-state index in [0.29, 0.717) is 46.5 Å². The van der Waals surface area contributed by atoms with Gasteiger partial charge in [0, 0.05) is 23.4 Å². The number of rotatable bonds is 12. The highest BCUT2D eigenvalue weighted by Gasteiger charge is 2.32. The average molecular weight is 614 g/mol. The van der Waals surface area contributed by atoms with Gasteiger partial charge in [0.05, 0.1) is 41.5 Å². The van der Waals surface area contributed by atoms with Crippen LogP contribution in [0.2, 0.25) is 5.02 Å². The van der Waals surface area contributed by atoms with Crippen LogP contribution in [0, 0.1) is 10.1 Å². The molecule has 4 N–H and O–H groups in total. The van der Waals surface area contributed by atoms with E-state index in [1.54, 1.807) is 44.2 Å². The molecule has 1 aliphatic rings. The number of urea groups is 1. The molecule has 0 unspecified atom stereocenters. The topological polar surface area (TPSA) is 187 Å². The van der Waals surface area contributed by atoms with Crippen molar-refractivity contribution >= 4 is 35.5 Å². The molecule has 43 heavy (non-hydrogen) atoms. The highest BCUT2D eigenvalue weighted by molar-refractivity contribution is 6.33.